The Balaban J connectivity index is 1.99. The van der Waals surface area contributed by atoms with Crippen LogP contribution in [0.4, 0.5) is 5.69 Å². The molecule has 0 aromatic heterocycles. The first kappa shape index (κ1) is 16.3. The maximum absolute atomic E-state index is 11.8. The maximum Gasteiger partial charge on any atom is 0.342 e. The molecule has 0 aliphatic rings. The average molecular weight is 331 g/mol. The minimum absolute atomic E-state index is 0.0410. The minimum Gasteiger partial charge on any atom is -0.507 e. The largest absolute Gasteiger partial charge is 0.507 e. The third-order valence-electron chi connectivity index (χ3n) is 2.83. The van der Waals surface area contributed by atoms with E-state index >= 15 is 0 Å². The Labute approximate surface area is 136 Å². The van der Waals surface area contributed by atoms with Crippen LogP contribution in [0.25, 0.3) is 0 Å². The molecule has 1 amide bonds. The zero-order valence-corrected chi connectivity index (χ0v) is 12.5. The number of carbonyl (C=O) groups excluding carboxylic acids is 2. The van der Waals surface area contributed by atoms with Gasteiger partial charge in [0.25, 0.3) is 5.91 Å². The van der Waals surface area contributed by atoms with Gasteiger partial charge in [-0.3, -0.25) is 4.79 Å². The highest BCUT2D eigenvalue weighted by Gasteiger charge is 2.14. The summed E-state index contributed by atoms with van der Waals surface area (Å²) in [7, 11) is 0. The van der Waals surface area contributed by atoms with Crippen molar-refractivity contribution in [2.24, 2.45) is 0 Å². The van der Waals surface area contributed by atoms with Crippen LogP contribution in [0.3, 0.4) is 0 Å². The summed E-state index contributed by atoms with van der Waals surface area (Å²) < 4.78 is 4.82. The van der Waals surface area contributed by atoms with Gasteiger partial charge in [-0.1, -0.05) is 23.7 Å². The molecule has 7 heteroatoms. The second-order valence-electron chi connectivity index (χ2n) is 4.44. The summed E-state index contributed by atoms with van der Waals surface area (Å²) in [4.78, 5) is 23.6. The molecule has 0 radical (unpaired) electrons. The van der Waals surface area contributed by atoms with Crippen molar-refractivity contribution in [3.63, 3.8) is 0 Å². The van der Waals surface area contributed by atoms with Crippen molar-refractivity contribution >= 4 is 29.2 Å². The van der Waals surface area contributed by atoms with Crippen molar-refractivity contribution < 1.29 is 19.4 Å². The number of nitrogens with one attached hydrogen (secondary N) is 1. The third kappa shape index (κ3) is 4.22. The number of hydrogen-bond acceptors (Lipinski definition) is 5. The number of ether oxygens (including phenoxy) is 1. The van der Waals surface area contributed by atoms with Gasteiger partial charge in [0.15, 0.2) is 6.61 Å². The maximum atomic E-state index is 11.8. The predicted molar refractivity (Wildman–Crippen MR) is 83.2 cm³/mol. The van der Waals surface area contributed by atoms with E-state index < -0.39 is 18.5 Å². The number of nitriles is 1. The van der Waals surface area contributed by atoms with E-state index in [-0.39, 0.29) is 22.6 Å². The van der Waals surface area contributed by atoms with Gasteiger partial charge in [0.2, 0.25) is 0 Å². The molecule has 0 atom stereocenters. The summed E-state index contributed by atoms with van der Waals surface area (Å²) in [5.41, 5.74) is 0.416. The van der Waals surface area contributed by atoms with Crippen LogP contribution in [-0.2, 0) is 9.53 Å². The van der Waals surface area contributed by atoms with Crippen LogP contribution in [-0.4, -0.2) is 23.6 Å². The highest BCUT2D eigenvalue weighted by atomic mass is 35.5. The molecule has 2 rings (SSSR count). The Morgan fingerprint density at radius 3 is 2.70 bits per heavy atom. The number of halogens is 1. The van der Waals surface area contributed by atoms with E-state index in [1.54, 1.807) is 12.1 Å². The van der Waals surface area contributed by atoms with E-state index in [0.717, 1.165) is 0 Å². The molecule has 2 N–H and O–H groups in total. The molecule has 0 aliphatic carbocycles. The van der Waals surface area contributed by atoms with E-state index in [1.165, 1.54) is 30.3 Å². The highest BCUT2D eigenvalue weighted by Crippen LogP contribution is 2.20. The summed E-state index contributed by atoms with van der Waals surface area (Å²) in [6.45, 7) is -0.565. The van der Waals surface area contributed by atoms with Gasteiger partial charge < -0.3 is 15.2 Å². The molecule has 0 saturated carbocycles. The quantitative estimate of drug-likeness (QED) is 0.840. The lowest BCUT2D eigenvalue weighted by Crippen LogP contribution is -2.21. The molecule has 23 heavy (non-hydrogen) atoms. The Morgan fingerprint density at radius 2 is 2.00 bits per heavy atom. The van der Waals surface area contributed by atoms with Crippen molar-refractivity contribution in [3.05, 3.63) is 58.6 Å². The molecule has 0 heterocycles. The Morgan fingerprint density at radius 1 is 1.26 bits per heavy atom. The second-order valence-corrected chi connectivity index (χ2v) is 4.88. The molecule has 0 spiro atoms. The first-order valence-corrected chi connectivity index (χ1v) is 6.83. The van der Waals surface area contributed by atoms with Crippen LogP contribution in [0.2, 0.25) is 5.02 Å². The number of amides is 1. The number of hydrogen-bond donors (Lipinski definition) is 2. The van der Waals surface area contributed by atoms with Gasteiger partial charge in [-0.2, -0.15) is 5.26 Å². The zero-order chi connectivity index (χ0) is 16.8. The fraction of sp³-hybridized carbons (Fsp3) is 0.0625. The van der Waals surface area contributed by atoms with Crippen LogP contribution in [0.15, 0.2) is 42.5 Å². The topological polar surface area (TPSA) is 99.4 Å². The van der Waals surface area contributed by atoms with Crippen molar-refractivity contribution in [1.29, 1.82) is 5.26 Å². The van der Waals surface area contributed by atoms with Gasteiger partial charge in [-0.25, -0.2) is 4.79 Å². The Bertz CT molecular complexity index is 799. The average Bonchev–Trinajstić information content (AvgIpc) is 2.53. The third-order valence-corrected chi connectivity index (χ3v) is 3.07. The minimum atomic E-state index is -0.829. The molecular weight excluding hydrogens is 320 g/mol. The molecule has 0 saturated heterocycles. The van der Waals surface area contributed by atoms with Gasteiger partial charge >= 0.3 is 5.97 Å². The number of para-hydroxylation sites is 1. The molecular formula is C16H11ClN2O4. The van der Waals surface area contributed by atoms with Crippen LogP contribution < -0.4 is 5.32 Å². The number of aromatic hydroxyl groups is 1. The number of phenols is 1. The first-order chi connectivity index (χ1) is 11.0. The molecule has 6 nitrogen and oxygen atoms in total. The molecule has 0 aliphatic heterocycles. The fourth-order valence-corrected chi connectivity index (χ4v) is 1.93. The van der Waals surface area contributed by atoms with Crippen molar-refractivity contribution in [3.8, 4) is 11.8 Å². The highest BCUT2D eigenvalue weighted by molar-refractivity contribution is 6.31. The lowest BCUT2D eigenvalue weighted by Gasteiger charge is -2.09. The summed E-state index contributed by atoms with van der Waals surface area (Å²) >= 11 is 5.81. The van der Waals surface area contributed by atoms with Gasteiger partial charge in [0.1, 0.15) is 17.4 Å². The van der Waals surface area contributed by atoms with E-state index in [9.17, 15) is 14.7 Å². The van der Waals surface area contributed by atoms with E-state index in [0.29, 0.717) is 5.02 Å². The van der Waals surface area contributed by atoms with Crippen LogP contribution >= 0.6 is 11.6 Å². The van der Waals surface area contributed by atoms with E-state index in [2.05, 4.69) is 5.32 Å². The smallest absolute Gasteiger partial charge is 0.342 e. The number of phenolic OH excluding ortho intramolecular Hbond substituents is 1. The monoisotopic (exact) mass is 330 g/mol. The molecule has 2 aromatic rings. The van der Waals surface area contributed by atoms with Gasteiger partial charge in [-0.05, 0) is 30.3 Å². The number of esters is 1. The lowest BCUT2D eigenvalue weighted by atomic mass is 10.2. The Kier molecular flexibility index (Phi) is 5.18. The molecule has 2 aromatic carbocycles. The van der Waals surface area contributed by atoms with Crippen LogP contribution in [0.5, 0.6) is 5.75 Å². The fourth-order valence-electron chi connectivity index (χ4n) is 1.76. The van der Waals surface area contributed by atoms with Crippen LogP contribution in [0, 0.1) is 11.3 Å². The summed E-state index contributed by atoms with van der Waals surface area (Å²) in [5.74, 6) is -1.70. The molecule has 0 bridgehead atoms. The normalized spacial score (nSPS) is 9.74. The number of nitrogens with zero attached hydrogens (tertiary/aromatic N) is 1. The number of benzene rings is 2. The first-order valence-electron chi connectivity index (χ1n) is 6.46. The van der Waals surface area contributed by atoms with Crippen molar-refractivity contribution in [2.45, 2.75) is 0 Å². The van der Waals surface area contributed by atoms with Crippen molar-refractivity contribution in [2.75, 3.05) is 11.9 Å². The summed E-state index contributed by atoms with van der Waals surface area (Å²) in [6.07, 6.45) is 0. The number of rotatable bonds is 4. The van der Waals surface area contributed by atoms with E-state index in [1.807, 2.05) is 6.07 Å². The summed E-state index contributed by atoms with van der Waals surface area (Å²) in [6, 6.07) is 12.1. The standard InChI is InChI=1S/C16H11ClN2O4/c17-11-6-5-10(8-18)13(7-11)19-15(21)9-23-16(22)12-3-1-2-4-14(12)20/h1-7,20H,9H2,(H,19,21). The summed E-state index contributed by atoms with van der Waals surface area (Å²) in [5, 5.41) is 21.3. The Hall–Kier alpha value is -3.04. The molecule has 0 unspecified atom stereocenters. The van der Waals surface area contributed by atoms with Gasteiger partial charge in [-0.15, -0.1) is 0 Å². The lowest BCUT2D eigenvalue weighted by molar-refractivity contribution is -0.119. The number of anilines is 1. The molecule has 0 fully saturated rings. The number of carbonyl (C=O) groups is 2. The van der Waals surface area contributed by atoms with Gasteiger partial charge in [0.05, 0.1) is 11.3 Å². The second kappa shape index (κ2) is 7.29. The van der Waals surface area contributed by atoms with E-state index in [4.69, 9.17) is 21.6 Å². The zero-order valence-electron chi connectivity index (χ0n) is 11.7. The molecule has 116 valence electrons. The van der Waals surface area contributed by atoms with Crippen molar-refractivity contribution in [1.82, 2.24) is 0 Å². The van der Waals surface area contributed by atoms with Crippen LogP contribution in [0.1, 0.15) is 15.9 Å². The SMILES string of the molecule is N#Cc1ccc(Cl)cc1NC(=O)COC(=O)c1ccccc1O. The predicted octanol–water partition coefficient (Wildman–Crippen LogP) is 2.71. The van der Waals surface area contributed by atoms with Gasteiger partial charge in [0, 0.05) is 5.02 Å².